The summed E-state index contributed by atoms with van der Waals surface area (Å²) in [6.07, 6.45) is 0.863. The number of halogens is 3. The van der Waals surface area contributed by atoms with Crippen LogP contribution in [-0.4, -0.2) is 41.4 Å². The Morgan fingerprint density at radius 2 is 1.71 bits per heavy atom. The van der Waals surface area contributed by atoms with E-state index in [0.717, 1.165) is 38.5 Å². The van der Waals surface area contributed by atoms with Gasteiger partial charge in [-0.1, -0.05) is 12.8 Å². The van der Waals surface area contributed by atoms with Gasteiger partial charge in [-0.2, -0.15) is 13.2 Å². The lowest BCUT2D eigenvalue weighted by Crippen LogP contribution is -2.42. The molecule has 5 heteroatoms. The second-order valence-corrected chi connectivity index (χ2v) is 5.39. The van der Waals surface area contributed by atoms with Gasteiger partial charge < -0.3 is 5.11 Å². The second kappa shape index (κ2) is 5.14. The summed E-state index contributed by atoms with van der Waals surface area (Å²) in [5, 5.41) is 9.81. The van der Waals surface area contributed by atoms with Gasteiger partial charge in [-0.05, 0) is 31.6 Å². The van der Waals surface area contributed by atoms with Gasteiger partial charge in [0.1, 0.15) is 0 Å². The highest BCUT2D eigenvalue weighted by Crippen LogP contribution is 2.33. The summed E-state index contributed by atoms with van der Waals surface area (Å²) in [6.45, 7) is -0.410. The lowest BCUT2D eigenvalue weighted by molar-refractivity contribution is -0.150. The van der Waals surface area contributed by atoms with Crippen molar-refractivity contribution in [1.82, 2.24) is 4.90 Å². The van der Waals surface area contributed by atoms with E-state index in [2.05, 4.69) is 0 Å². The van der Waals surface area contributed by atoms with Crippen molar-refractivity contribution in [3.8, 4) is 0 Å². The number of aliphatic hydroxyl groups is 1. The quantitative estimate of drug-likeness (QED) is 0.830. The van der Waals surface area contributed by atoms with Crippen molar-refractivity contribution in [3.63, 3.8) is 0 Å². The van der Waals surface area contributed by atoms with Gasteiger partial charge in [-0.3, -0.25) is 4.90 Å². The highest BCUT2D eigenvalue weighted by Gasteiger charge is 2.39. The molecule has 0 spiro atoms. The van der Waals surface area contributed by atoms with E-state index in [1.54, 1.807) is 0 Å². The predicted octanol–water partition coefficient (Wildman–Crippen LogP) is 2.56. The molecular weight excluding hydrogens is 231 g/mol. The van der Waals surface area contributed by atoms with Gasteiger partial charge in [0, 0.05) is 12.6 Å². The molecule has 100 valence electrons. The minimum absolute atomic E-state index is 0.0340. The molecule has 0 aromatic carbocycles. The number of hydrogen-bond acceptors (Lipinski definition) is 2. The van der Waals surface area contributed by atoms with E-state index in [9.17, 15) is 18.3 Å². The lowest BCUT2D eigenvalue weighted by Gasteiger charge is -2.33. The van der Waals surface area contributed by atoms with Crippen molar-refractivity contribution < 1.29 is 18.3 Å². The first-order valence-electron chi connectivity index (χ1n) is 6.44. The zero-order valence-electron chi connectivity index (χ0n) is 9.92. The smallest absolute Gasteiger partial charge is 0.393 e. The van der Waals surface area contributed by atoms with Gasteiger partial charge in [0.2, 0.25) is 0 Å². The normalized spacial score (nSPS) is 30.9. The number of hydrogen-bond donors (Lipinski definition) is 1. The van der Waals surface area contributed by atoms with E-state index in [1.807, 2.05) is 0 Å². The summed E-state index contributed by atoms with van der Waals surface area (Å²) in [5.41, 5.74) is 0. The SMILES string of the molecule is OC1CCCCC1CN(CC(F)(F)F)C1CC1. The molecule has 0 radical (unpaired) electrons. The summed E-state index contributed by atoms with van der Waals surface area (Å²) >= 11 is 0. The van der Waals surface area contributed by atoms with Gasteiger partial charge in [0.05, 0.1) is 12.6 Å². The molecular formula is C12H20F3NO. The van der Waals surface area contributed by atoms with Crippen molar-refractivity contribution in [1.29, 1.82) is 0 Å². The third-order valence-corrected chi connectivity index (χ3v) is 3.78. The van der Waals surface area contributed by atoms with E-state index in [-0.39, 0.29) is 12.0 Å². The van der Waals surface area contributed by atoms with Gasteiger partial charge in [0.25, 0.3) is 0 Å². The first-order chi connectivity index (χ1) is 7.96. The Morgan fingerprint density at radius 1 is 1.06 bits per heavy atom. The van der Waals surface area contributed by atoms with Crippen molar-refractivity contribution in [3.05, 3.63) is 0 Å². The van der Waals surface area contributed by atoms with Crippen LogP contribution in [0.3, 0.4) is 0 Å². The van der Waals surface area contributed by atoms with Crippen LogP contribution in [-0.2, 0) is 0 Å². The van der Waals surface area contributed by atoms with Crippen LogP contribution in [0, 0.1) is 5.92 Å². The van der Waals surface area contributed by atoms with Crippen LogP contribution in [0.4, 0.5) is 13.2 Å². The fraction of sp³-hybridized carbons (Fsp3) is 1.00. The molecule has 0 saturated heterocycles. The van der Waals surface area contributed by atoms with Crippen molar-refractivity contribution >= 4 is 0 Å². The lowest BCUT2D eigenvalue weighted by atomic mass is 9.86. The second-order valence-electron chi connectivity index (χ2n) is 5.39. The first kappa shape index (κ1) is 13.1. The molecule has 2 nitrogen and oxygen atoms in total. The van der Waals surface area contributed by atoms with E-state index in [4.69, 9.17) is 0 Å². The molecule has 1 N–H and O–H groups in total. The van der Waals surface area contributed by atoms with Gasteiger partial charge >= 0.3 is 6.18 Å². The predicted molar refractivity (Wildman–Crippen MR) is 58.6 cm³/mol. The number of alkyl halides is 3. The molecule has 2 aliphatic rings. The Balaban J connectivity index is 1.88. The Morgan fingerprint density at radius 3 is 2.24 bits per heavy atom. The summed E-state index contributed by atoms with van der Waals surface area (Å²) < 4.78 is 37.3. The average molecular weight is 251 g/mol. The zero-order valence-corrected chi connectivity index (χ0v) is 9.92. The number of aliphatic hydroxyl groups excluding tert-OH is 1. The molecule has 2 fully saturated rings. The van der Waals surface area contributed by atoms with E-state index in [1.165, 1.54) is 4.90 Å². The molecule has 2 aliphatic carbocycles. The summed E-state index contributed by atoms with van der Waals surface area (Å²) in [5.74, 6) is 0.0340. The molecule has 0 aromatic rings. The Hall–Kier alpha value is -0.290. The molecule has 2 saturated carbocycles. The third-order valence-electron chi connectivity index (χ3n) is 3.78. The Bertz CT molecular complexity index is 253. The summed E-state index contributed by atoms with van der Waals surface area (Å²) in [7, 11) is 0. The fourth-order valence-electron chi connectivity index (χ4n) is 2.71. The third kappa shape index (κ3) is 4.14. The molecule has 2 rings (SSSR count). The van der Waals surface area contributed by atoms with Gasteiger partial charge in [0.15, 0.2) is 0 Å². The fourth-order valence-corrected chi connectivity index (χ4v) is 2.71. The average Bonchev–Trinajstić information content (AvgIpc) is 3.01. The maximum Gasteiger partial charge on any atom is 0.401 e. The summed E-state index contributed by atoms with van der Waals surface area (Å²) in [6, 6.07) is 0.103. The minimum atomic E-state index is -4.12. The molecule has 2 unspecified atom stereocenters. The van der Waals surface area contributed by atoms with E-state index < -0.39 is 18.8 Å². The van der Waals surface area contributed by atoms with Crippen LogP contribution in [0.2, 0.25) is 0 Å². The maximum absolute atomic E-state index is 12.4. The Kier molecular flexibility index (Phi) is 3.98. The minimum Gasteiger partial charge on any atom is -0.393 e. The van der Waals surface area contributed by atoms with Crippen LogP contribution in [0.1, 0.15) is 38.5 Å². The van der Waals surface area contributed by atoms with Crippen LogP contribution in [0.25, 0.3) is 0 Å². The summed E-state index contributed by atoms with van der Waals surface area (Å²) in [4.78, 5) is 1.53. The maximum atomic E-state index is 12.4. The standard InChI is InChI=1S/C12H20F3NO/c13-12(14,15)8-16(10-5-6-10)7-9-3-1-2-4-11(9)17/h9-11,17H,1-8H2. The van der Waals surface area contributed by atoms with E-state index >= 15 is 0 Å². The number of nitrogens with zero attached hydrogens (tertiary/aromatic N) is 1. The Labute approximate surface area is 99.8 Å². The monoisotopic (exact) mass is 251 g/mol. The van der Waals surface area contributed by atoms with Crippen LogP contribution < -0.4 is 0 Å². The van der Waals surface area contributed by atoms with Crippen LogP contribution >= 0.6 is 0 Å². The van der Waals surface area contributed by atoms with Crippen molar-refractivity contribution in [2.75, 3.05) is 13.1 Å². The molecule has 17 heavy (non-hydrogen) atoms. The van der Waals surface area contributed by atoms with E-state index in [0.29, 0.717) is 6.54 Å². The molecule has 0 heterocycles. The highest BCUT2D eigenvalue weighted by atomic mass is 19.4. The molecule has 0 aromatic heterocycles. The van der Waals surface area contributed by atoms with Gasteiger partial charge in [-0.15, -0.1) is 0 Å². The molecule has 0 amide bonds. The molecule has 0 aliphatic heterocycles. The topological polar surface area (TPSA) is 23.5 Å². The highest BCUT2D eigenvalue weighted by molar-refractivity contribution is 4.88. The number of rotatable bonds is 4. The molecule has 0 bridgehead atoms. The van der Waals surface area contributed by atoms with Crippen molar-refractivity contribution in [2.24, 2.45) is 5.92 Å². The van der Waals surface area contributed by atoms with Gasteiger partial charge in [-0.25, -0.2) is 0 Å². The largest absolute Gasteiger partial charge is 0.401 e. The molecule has 2 atom stereocenters. The van der Waals surface area contributed by atoms with Crippen molar-refractivity contribution in [2.45, 2.75) is 56.8 Å². The van der Waals surface area contributed by atoms with Crippen LogP contribution in [0.5, 0.6) is 0 Å². The first-order valence-corrected chi connectivity index (χ1v) is 6.44. The van der Waals surface area contributed by atoms with Crippen LogP contribution in [0.15, 0.2) is 0 Å². The zero-order chi connectivity index (χ0) is 12.5.